The standard InChI is InChI=1S/C11H25N3/c1-11(2,14(3)4)9-12-8-10-6-5-7-13-10/h10,12-13H,5-9H2,1-4H3. The molecule has 1 saturated heterocycles. The zero-order chi connectivity index (χ0) is 10.6. The van der Waals surface area contributed by atoms with Crippen molar-refractivity contribution in [1.29, 1.82) is 0 Å². The van der Waals surface area contributed by atoms with Crippen LogP contribution in [0.5, 0.6) is 0 Å². The van der Waals surface area contributed by atoms with E-state index in [2.05, 4.69) is 43.5 Å². The molecule has 0 aromatic heterocycles. The van der Waals surface area contributed by atoms with Crippen LogP contribution in [0.15, 0.2) is 0 Å². The van der Waals surface area contributed by atoms with Gasteiger partial charge in [0.2, 0.25) is 0 Å². The Kier molecular flexibility index (Phi) is 4.35. The lowest BCUT2D eigenvalue weighted by Gasteiger charge is -2.33. The highest BCUT2D eigenvalue weighted by Crippen LogP contribution is 2.08. The summed E-state index contributed by atoms with van der Waals surface area (Å²) in [7, 11) is 4.27. The molecule has 1 unspecified atom stereocenters. The first-order valence-electron chi connectivity index (χ1n) is 5.64. The van der Waals surface area contributed by atoms with E-state index in [0.29, 0.717) is 6.04 Å². The Morgan fingerprint density at radius 1 is 1.43 bits per heavy atom. The predicted octanol–water partition coefficient (Wildman–Crippen LogP) is 0.668. The van der Waals surface area contributed by atoms with Crippen LogP contribution in [-0.4, -0.2) is 50.2 Å². The molecule has 1 heterocycles. The van der Waals surface area contributed by atoms with Gasteiger partial charge < -0.3 is 15.5 Å². The Morgan fingerprint density at radius 2 is 2.14 bits per heavy atom. The zero-order valence-electron chi connectivity index (χ0n) is 10.1. The summed E-state index contributed by atoms with van der Waals surface area (Å²) in [6.07, 6.45) is 2.67. The number of hydrogen-bond acceptors (Lipinski definition) is 3. The topological polar surface area (TPSA) is 27.3 Å². The normalized spacial score (nSPS) is 23.4. The van der Waals surface area contributed by atoms with Crippen LogP contribution in [0.1, 0.15) is 26.7 Å². The minimum Gasteiger partial charge on any atom is -0.313 e. The smallest absolute Gasteiger partial charge is 0.0271 e. The zero-order valence-corrected chi connectivity index (χ0v) is 10.1. The number of rotatable bonds is 5. The van der Waals surface area contributed by atoms with E-state index in [9.17, 15) is 0 Å². The summed E-state index contributed by atoms with van der Waals surface area (Å²) in [6.45, 7) is 7.89. The maximum absolute atomic E-state index is 3.54. The van der Waals surface area contributed by atoms with Crippen LogP contribution in [0.4, 0.5) is 0 Å². The molecule has 0 aromatic carbocycles. The Bertz CT molecular complexity index is 160. The number of hydrogen-bond donors (Lipinski definition) is 2. The van der Waals surface area contributed by atoms with Crippen LogP contribution in [0.25, 0.3) is 0 Å². The molecule has 0 spiro atoms. The van der Waals surface area contributed by atoms with Gasteiger partial charge in [0, 0.05) is 24.7 Å². The van der Waals surface area contributed by atoms with Crippen molar-refractivity contribution in [3.8, 4) is 0 Å². The maximum atomic E-state index is 3.54. The highest BCUT2D eigenvalue weighted by Gasteiger charge is 2.20. The van der Waals surface area contributed by atoms with Gasteiger partial charge in [0.1, 0.15) is 0 Å². The molecule has 3 nitrogen and oxygen atoms in total. The number of nitrogens with one attached hydrogen (secondary N) is 2. The molecule has 14 heavy (non-hydrogen) atoms. The fraction of sp³-hybridized carbons (Fsp3) is 1.00. The fourth-order valence-corrected chi connectivity index (χ4v) is 1.64. The summed E-state index contributed by atoms with van der Waals surface area (Å²) < 4.78 is 0. The van der Waals surface area contributed by atoms with Crippen molar-refractivity contribution < 1.29 is 0 Å². The second-order valence-corrected chi connectivity index (χ2v) is 5.13. The second-order valence-electron chi connectivity index (χ2n) is 5.13. The van der Waals surface area contributed by atoms with Crippen molar-refractivity contribution in [3.63, 3.8) is 0 Å². The van der Waals surface area contributed by atoms with Gasteiger partial charge in [-0.05, 0) is 47.3 Å². The molecule has 0 aromatic rings. The summed E-state index contributed by atoms with van der Waals surface area (Å²) in [5.41, 5.74) is 0.249. The van der Waals surface area contributed by atoms with Crippen molar-refractivity contribution >= 4 is 0 Å². The van der Waals surface area contributed by atoms with Gasteiger partial charge in [0.25, 0.3) is 0 Å². The van der Waals surface area contributed by atoms with Gasteiger partial charge in [-0.2, -0.15) is 0 Å². The molecular formula is C11H25N3. The third-order valence-corrected chi connectivity index (χ3v) is 3.32. The summed E-state index contributed by atoms with van der Waals surface area (Å²) in [4.78, 5) is 2.27. The molecule has 1 atom stereocenters. The lowest BCUT2D eigenvalue weighted by atomic mass is 10.0. The Labute approximate surface area is 88.2 Å². The summed E-state index contributed by atoms with van der Waals surface area (Å²) in [5.74, 6) is 0. The SMILES string of the molecule is CN(C)C(C)(C)CNCC1CCCN1. The van der Waals surface area contributed by atoms with Gasteiger partial charge in [0.05, 0.1) is 0 Å². The summed E-state index contributed by atoms with van der Waals surface area (Å²) in [5, 5.41) is 7.04. The lowest BCUT2D eigenvalue weighted by Crippen LogP contribution is -2.48. The van der Waals surface area contributed by atoms with Crippen molar-refractivity contribution in [2.45, 2.75) is 38.3 Å². The third-order valence-electron chi connectivity index (χ3n) is 3.32. The highest BCUT2D eigenvalue weighted by atomic mass is 15.2. The van der Waals surface area contributed by atoms with E-state index < -0.39 is 0 Å². The van der Waals surface area contributed by atoms with Gasteiger partial charge >= 0.3 is 0 Å². The molecule has 0 saturated carbocycles. The first-order valence-corrected chi connectivity index (χ1v) is 5.64. The van der Waals surface area contributed by atoms with E-state index in [0.717, 1.165) is 13.1 Å². The minimum absolute atomic E-state index is 0.249. The van der Waals surface area contributed by atoms with E-state index in [1.165, 1.54) is 19.4 Å². The maximum Gasteiger partial charge on any atom is 0.0271 e. The van der Waals surface area contributed by atoms with Crippen molar-refractivity contribution in [1.82, 2.24) is 15.5 Å². The van der Waals surface area contributed by atoms with Crippen LogP contribution >= 0.6 is 0 Å². The van der Waals surface area contributed by atoms with Crippen LogP contribution in [-0.2, 0) is 0 Å². The molecule has 1 aliphatic rings. The van der Waals surface area contributed by atoms with E-state index in [1.54, 1.807) is 0 Å². The van der Waals surface area contributed by atoms with Crippen molar-refractivity contribution in [2.75, 3.05) is 33.7 Å². The molecular weight excluding hydrogens is 174 g/mol. The van der Waals surface area contributed by atoms with E-state index >= 15 is 0 Å². The molecule has 2 N–H and O–H groups in total. The van der Waals surface area contributed by atoms with Gasteiger partial charge in [-0.15, -0.1) is 0 Å². The second kappa shape index (κ2) is 5.10. The molecule has 0 aliphatic carbocycles. The number of likely N-dealkylation sites (N-methyl/N-ethyl adjacent to an activating group) is 1. The monoisotopic (exact) mass is 199 g/mol. The molecule has 1 aliphatic heterocycles. The molecule has 1 fully saturated rings. The van der Waals surface area contributed by atoms with Crippen LogP contribution in [0.2, 0.25) is 0 Å². The van der Waals surface area contributed by atoms with Gasteiger partial charge in [-0.3, -0.25) is 0 Å². The lowest BCUT2D eigenvalue weighted by molar-refractivity contribution is 0.189. The first-order chi connectivity index (χ1) is 6.52. The molecule has 0 amide bonds. The van der Waals surface area contributed by atoms with Crippen LogP contribution in [0, 0.1) is 0 Å². The number of nitrogens with zero attached hydrogens (tertiary/aromatic N) is 1. The predicted molar refractivity (Wildman–Crippen MR) is 61.7 cm³/mol. The molecule has 0 radical (unpaired) electrons. The summed E-state index contributed by atoms with van der Waals surface area (Å²) >= 11 is 0. The highest BCUT2D eigenvalue weighted by molar-refractivity contribution is 4.82. The Hall–Kier alpha value is -0.120. The van der Waals surface area contributed by atoms with Crippen LogP contribution < -0.4 is 10.6 Å². The van der Waals surface area contributed by atoms with Crippen molar-refractivity contribution in [2.24, 2.45) is 0 Å². The fourth-order valence-electron chi connectivity index (χ4n) is 1.64. The Balaban J connectivity index is 2.13. The average molecular weight is 199 g/mol. The van der Waals surface area contributed by atoms with Crippen LogP contribution in [0.3, 0.4) is 0 Å². The van der Waals surface area contributed by atoms with Gasteiger partial charge in [0.15, 0.2) is 0 Å². The molecule has 3 heteroatoms. The minimum atomic E-state index is 0.249. The van der Waals surface area contributed by atoms with Crippen molar-refractivity contribution in [3.05, 3.63) is 0 Å². The summed E-state index contributed by atoms with van der Waals surface area (Å²) in [6, 6.07) is 0.702. The van der Waals surface area contributed by atoms with Gasteiger partial charge in [-0.1, -0.05) is 0 Å². The van der Waals surface area contributed by atoms with Gasteiger partial charge in [-0.25, -0.2) is 0 Å². The average Bonchev–Trinajstić information content (AvgIpc) is 2.56. The Morgan fingerprint density at radius 3 is 2.64 bits per heavy atom. The quantitative estimate of drug-likeness (QED) is 0.681. The van der Waals surface area contributed by atoms with E-state index in [4.69, 9.17) is 0 Å². The van der Waals surface area contributed by atoms with E-state index in [1.807, 2.05) is 0 Å². The third kappa shape index (κ3) is 3.56. The molecule has 0 bridgehead atoms. The molecule has 1 rings (SSSR count). The largest absolute Gasteiger partial charge is 0.313 e. The molecule has 84 valence electrons. The first kappa shape index (κ1) is 12.0. The van der Waals surface area contributed by atoms with E-state index in [-0.39, 0.29) is 5.54 Å².